The molecule has 2 atom stereocenters. The standard InChI is InChI=1S/C73H86BN3/c1-66(2,3)47-25-29-51(30-26-47)75-61-43-52(77-60-34-28-49(68(7,8)9)40-56(60)72(17)35-22-36-73(72,77)18)31-32-57(61)74-58-44-54-55(71(15,16)38-37-70(54,13)14)45-62(58)76(64-42-50(69(10,11)12)41-63(75)65(64)74)59-33-27-48(67(4,5)6)39-53(59)46-23-20-19-21-24-46/h19-21,23-34,39-45H,22,35-38H2,1-18H3. The van der Waals surface area contributed by atoms with E-state index in [1.54, 1.807) is 0 Å². The van der Waals surface area contributed by atoms with Crippen LogP contribution in [0, 0.1) is 0 Å². The van der Waals surface area contributed by atoms with Crippen molar-refractivity contribution in [3.63, 3.8) is 0 Å². The largest absolute Gasteiger partial charge is 0.334 e. The van der Waals surface area contributed by atoms with Crippen molar-refractivity contribution in [1.82, 2.24) is 0 Å². The Morgan fingerprint density at radius 1 is 0.390 bits per heavy atom. The van der Waals surface area contributed by atoms with Gasteiger partial charge in [-0.1, -0.05) is 197 Å². The van der Waals surface area contributed by atoms with E-state index in [1.165, 1.54) is 125 Å². The zero-order valence-corrected chi connectivity index (χ0v) is 50.2. The Hall–Kier alpha value is -6.00. The van der Waals surface area contributed by atoms with Crippen LogP contribution in [0.2, 0.25) is 0 Å². The number of rotatable bonds is 4. The third-order valence-electron chi connectivity index (χ3n) is 20.0. The van der Waals surface area contributed by atoms with Gasteiger partial charge in [0, 0.05) is 50.8 Å². The number of fused-ring (bicyclic) bond motifs is 8. The zero-order valence-electron chi connectivity index (χ0n) is 50.2. The molecule has 396 valence electrons. The summed E-state index contributed by atoms with van der Waals surface area (Å²) in [5.74, 6) is 0. The Kier molecular flexibility index (Phi) is 11.3. The number of nitrogens with zero attached hydrogens (tertiary/aromatic N) is 3. The van der Waals surface area contributed by atoms with Gasteiger partial charge in [0.05, 0.1) is 11.2 Å². The normalized spacial score (nSPS) is 21.1. The molecule has 3 heterocycles. The molecule has 7 aromatic carbocycles. The molecule has 12 rings (SSSR count). The summed E-state index contributed by atoms with van der Waals surface area (Å²) in [5, 5.41) is 0. The molecule has 0 amide bonds. The van der Waals surface area contributed by atoms with E-state index in [0.717, 1.165) is 19.3 Å². The van der Waals surface area contributed by atoms with Crippen LogP contribution in [-0.4, -0.2) is 12.3 Å². The Morgan fingerprint density at radius 3 is 1.53 bits per heavy atom. The van der Waals surface area contributed by atoms with Gasteiger partial charge in [-0.25, -0.2) is 0 Å². The Labute approximate surface area is 464 Å². The van der Waals surface area contributed by atoms with E-state index >= 15 is 0 Å². The predicted molar refractivity (Wildman–Crippen MR) is 334 cm³/mol. The minimum absolute atomic E-state index is 0.0119. The van der Waals surface area contributed by atoms with Crippen LogP contribution in [0.25, 0.3) is 11.1 Å². The lowest BCUT2D eigenvalue weighted by atomic mass is 9.33. The summed E-state index contributed by atoms with van der Waals surface area (Å²) in [7, 11) is 0. The van der Waals surface area contributed by atoms with Crippen molar-refractivity contribution in [2.24, 2.45) is 0 Å². The molecular weight excluding hydrogens is 930 g/mol. The second-order valence-corrected chi connectivity index (χ2v) is 30.2. The third kappa shape index (κ3) is 7.86. The van der Waals surface area contributed by atoms with Gasteiger partial charge in [0.1, 0.15) is 0 Å². The highest BCUT2D eigenvalue weighted by atomic mass is 15.3. The first kappa shape index (κ1) is 51.7. The molecule has 0 spiro atoms. The van der Waals surface area contributed by atoms with E-state index < -0.39 is 0 Å². The van der Waals surface area contributed by atoms with Crippen molar-refractivity contribution in [1.29, 1.82) is 0 Å². The highest BCUT2D eigenvalue weighted by Gasteiger charge is 2.60. The molecule has 5 aliphatic rings. The monoisotopic (exact) mass is 1020 g/mol. The molecule has 4 heteroatoms. The smallest absolute Gasteiger partial charge is 0.252 e. The Morgan fingerprint density at radius 2 is 0.922 bits per heavy atom. The molecule has 0 saturated heterocycles. The molecule has 1 fully saturated rings. The summed E-state index contributed by atoms with van der Waals surface area (Å²) in [4.78, 5) is 8.20. The van der Waals surface area contributed by atoms with Gasteiger partial charge >= 0.3 is 0 Å². The van der Waals surface area contributed by atoms with E-state index in [-0.39, 0.29) is 50.2 Å². The van der Waals surface area contributed by atoms with Crippen LogP contribution in [0.4, 0.5) is 45.5 Å². The molecule has 0 aromatic heterocycles. The molecule has 0 N–H and O–H groups in total. The van der Waals surface area contributed by atoms with E-state index in [9.17, 15) is 0 Å². The zero-order chi connectivity index (χ0) is 54.9. The minimum Gasteiger partial charge on any atom is -0.334 e. The van der Waals surface area contributed by atoms with Gasteiger partial charge < -0.3 is 14.7 Å². The summed E-state index contributed by atoms with van der Waals surface area (Å²) in [5.41, 5.74) is 26.7. The lowest BCUT2D eigenvalue weighted by Gasteiger charge is -2.48. The predicted octanol–water partition coefficient (Wildman–Crippen LogP) is 18.3. The molecule has 3 nitrogen and oxygen atoms in total. The number of anilines is 8. The third-order valence-corrected chi connectivity index (χ3v) is 20.0. The van der Waals surface area contributed by atoms with Crippen molar-refractivity contribution in [2.75, 3.05) is 14.7 Å². The summed E-state index contributed by atoms with van der Waals surface area (Å²) >= 11 is 0. The van der Waals surface area contributed by atoms with Crippen molar-refractivity contribution in [3.05, 3.63) is 172 Å². The SMILES string of the molecule is CC(C)(C)c1ccc(N2c3cc(N4c5ccc(C(C)(C)C)cc5C5(C)CCCC45C)ccc3B3c4cc5c(cc4N(c4ccc(C(C)(C)C)cc4-c4ccccc4)c4cc(C(C)(C)C)cc2c43)C(C)(C)CCC5(C)C)cc1. The molecular formula is C73H86BN3. The molecule has 7 aromatic rings. The van der Waals surface area contributed by atoms with Crippen molar-refractivity contribution < 1.29 is 0 Å². The summed E-state index contributed by atoms with van der Waals surface area (Å²) < 4.78 is 0. The minimum atomic E-state index is -0.149. The van der Waals surface area contributed by atoms with Crippen molar-refractivity contribution >= 4 is 68.6 Å². The molecule has 2 aliphatic carbocycles. The number of hydrogen-bond donors (Lipinski definition) is 0. The van der Waals surface area contributed by atoms with E-state index in [1.807, 2.05) is 0 Å². The highest BCUT2D eigenvalue weighted by molar-refractivity contribution is 7.00. The van der Waals surface area contributed by atoms with Gasteiger partial charge in [0.25, 0.3) is 6.71 Å². The van der Waals surface area contributed by atoms with E-state index in [2.05, 4.69) is 273 Å². The fourth-order valence-electron chi connectivity index (χ4n) is 14.8. The Balaban J connectivity index is 1.20. The van der Waals surface area contributed by atoms with Gasteiger partial charge in [-0.2, -0.15) is 0 Å². The maximum atomic E-state index is 2.79. The van der Waals surface area contributed by atoms with Crippen LogP contribution in [0.5, 0.6) is 0 Å². The number of hydrogen-bond acceptors (Lipinski definition) is 3. The van der Waals surface area contributed by atoms with Gasteiger partial charge in [-0.05, 0) is 187 Å². The first-order valence-electron chi connectivity index (χ1n) is 29.3. The second kappa shape index (κ2) is 16.8. The van der Waals surface area contributed by atoms with Crippen LogP contribution in [-0.2, 0) is 37.9 Å². The molecule has 0 bridgehead atoms. The maximum absolute atomic E-state index is 2.79. The summed E-state index contributed by atoms with van der Waals surface area (Å²) in [6.07, 6.45) is 5.89. The maximum Gasteiger partial charge on any atom is 0.252 e. The molecule has 3 aliphatic heterocycles. The quantitative estimate of drug-likeness (QED) is 0.163. The molecule has 1 saturated carbocycles. The Bertz CT molecular complexity index is 3530. The van der Waals surface area contributed by atoms with Gasteiger partial charge in [-0.15, -0.1) is 0 Å². The van der Waals surface area contributed by atoms with Crippen LogP contribution < -0.4 is 31.1 Å². The first-order valence-corrected chi connectivity index (χ1v) is 29.3. The van der Waals surface area contributed by atoms with Gasteiger partial charge in [-0.3, -0.25) is 0 Å². The van der Waals surface area contributed by atoms with E-state index in [4.69, 9.17) is 0 Å². The van der Waals surface area contributed by atoms with Gasteiger partial charge in [0.2, 0.25) is 0 Å². The average molecular weight is 1020 g/mol. The first-order chi connectivity index (χ1) is 35.9. The topological polar surface area (TPSA) is 9.72 Å². The second-order valence-electron chi connectivity index (χ2n) is 30.2. The number of benzene rings is 7. The van der Waals surface area contributed by atoms with Crippen LogP contribution in [0.15, 0.2) is 133 Å². The van der Waals surface area contributed by atoms with Crippen LogP contribution >= 0.6 is 0 Å². The van der Waals surface area contributed by atoms with Crippen LogP contribution in [0.3, 0.4) is 0 Å². The molecule has 2 unspecified atom stereocenters. The van der Waals surface area contributed by atoms with Crippen molar-refractivity contribution in [3.8, 4) is 11.1 Å². The van der Waals surface area contributed by atoms with Gasteiger partial charge in [0.15, 0.2) is 0 Å². The molecule has 0 radical (unpaired) electrons. The lowest BCUT2D eigenvalue weighted by molar-refractivity contribution is 0.330. The average Bonchev–Trinajstić information content (AvgIpc) is 3.81. The fraction of sp³-hybridized carbons (Fsp3) is 0.425. The lowest BCUT2D eigenvalue weighted by Crippen LogP contribution is -2.62. The summed E-state index contributed by atoms with van der Waals surface area (Å²) in [6.45, 7) is 43.5. The molecule has 77 heavy (non-hydrogen) atoms. The summed E-state index contributed by atoms with van der Waals surface area (Å²) in [6, 6.07) is 53.9. The fourth-order valence-corrected chi connectivity index (χ4v) is 14.8. The van der Waals surface area contributed by atoms with E-state index in [0.29, 0.717) is 0 Å². The highest BCUT2D eigenvalue weighted by Crippen LogP contribution is 2.63. The van der Waals surface area contributed by atoms with Crippen LogP contribution in [0.1, 0.15) is 196 Å². The van der Waals surface area contributed by atoms with Crippen molar-refractivity contribution in [2.45, 2.75) is 200 Å².